The molecule has 1 aliphatic heterocycles. The zero-order chi connectivity index (χ0) is 12.9. The molecule has 1 heterocycles. The van der Waals surface area contributed by atoms with E-state index in [2.05, 4.69) is 6.92 Å². The maximum atomic E-state index is 12.0. The zero-order valence-electron chi connectivity index (χ0n) is 10.8. The van der Waals surface area contributed by atoms with Gasteiger partial charge in [0.15, 0.2) is 0 Å². The highest BCUT2D eigenvalue weighted by molar-refractivity contribution is 7.48. The van der Waals surface area contributed by atoms with E-state index < -0.39 is 14.2 Å². The smallest absolute Gasteiger partial charge is 0.334 e. The van der Waals surface area contributed by atoms with Crippen molar-refractivity contribution in [3.05, 3.63) is 12.4 Å². The summed E-state index contributed by atoms with van der Waals surface area (Å²) in [5.74, 6) is 0. The Hall–Kier alpha value is -0.550. The van der Waals surface area contributed by atoms with Gasteiger partial charge in [0.05, 0.1) is 0 Å². The quantitative estimate of drug-likeness (QED) is 0.657. The lowest BCUT2D eigenvalue weighted by atomic mass is 10.4. The molecule has 1 aliphatic rings. The number of nitrogens with zero attached hydrogens (tertiary/aromatic N) is 2. The van der Waals surface area contributed by atoms with Crippen molar-refractivity contribution in [2.24, 2.45) is 0 Å². The fourth-order valence-electron chi connectivity index (χ4n) is 1.61. The third-order valence-electron chi connectivity index (χ3n) is 2.53. The van der Waals surface area contributed by atoms with Gasteiger partial charge in [-0.05, 0) is 13.3 Å². The zero-order valence-corrected chi connectivity index (χ0v) is 11.7. The molecule has 0 N–H and O–H groups in total. The highest BCUT2D eigenvalue weighted by atomic mass is 31.2. The van der Waals surface area contributed by atoms with Crippen molar-refractivity contribution >= 4 is 7.82 Å². The normalized spacial score (nSPS) is 20.4. The van der Waals surface area contributed by atoms with E-state index in [0.29, 0.717) is 0 Å². The van der Waals surface area contributed by atoms with E-state index in [-0.39, 0.29) is 0 Å². The lowest BCUT2D eigenvalue weighted by molar-refractivity contribution is -0.0473. The molecule has 0 bridgehead atoms. The van der Waals surface area contributed by atoms with Gasteiger partial charge in [0, 0.05) is 39.7 Å². The van der Waals surface area contributed by atoms with Crippen LogP contribution in [-0.2, 0) is 18.1 Å². The van der Waals surface area contributed by atoms with Gasteiger partial charge in [-0.1, -0.05) is 6.92 Å². The summed E-state index contributed by atoms with van der Waals surface area (Å²) in [6.45, 7) is 5.66. The highest BCUT2D eigenvalue weighted by Crippen LogP contribution is 2.50. The van der Waals surface area contributed by atoms with Crippen LogP contribution >= 0.6 is 7.82 Å². The van der Waals surface area contributed by atoms with Crippen LogP contribution in [0.2, 0.25) is 0 Å². The fraction of sp³-hybridized carbons (Fsp3) is 0.800. The Morgan fingerprint density at radius 3 is 2.24 bits per heavy atom. The SMILES string of the molecule is CCCN1C=CN(CC)C1OP(=O)(OC)OC. The van der Waals surface area contributed by atoms with Crippen molar-refractivity contribution in [3.8, 4) is 0 Å². The van der Waals surface area contributed by atoms with Gasteiger partial charge in [-0.2, -0.15) is 0 Å². The van der Waals surface area contributed by atoms with Gasteiger partial charge in [-0.3, -0.25) is 9.05 Å². The van der Waals surface area contributed by atoms with Gasteiger partial charge < -0.3 is 9.80 Å². The molecule has 7 heteroatoms. The Morgan fingerprint density at radius 1 is 1.18 bits per heavy atom. The summed E-state index contributed by atoms with van der Waals surface area (Å²) in [6.07, 6.45) is 4.39. The summed E-state index contributed by atoms with van der Waals surface area (Å²) in [6, 6.07) is 0. The average molecular weight is 264 g/mol. The first-order valence-corrected chi connectivity index (χ1v) is 7.16. The molecule has 0 aromatic carbocycles. The van der Waals surface area contributed by atoms with Crippen LogP contribution in [0.3, 0.4) is 0 Å². The molecule has 0 spiro atoms. The van der Waals surface area contributed by atoms with E-state index in [9.17, 15) is 4.57 Å². The summed E-state index contributed by atoms with van der Waals surface area (Å²) in [7, 11) is -0.840. The Labute approximate surface area is 103 Å². The molecule has 100 valence electrons. The van der Waals surface area contributed by atoms with Crippen LogP contribution in [0.5, 0.6) is 0 Å². The first kappa shape index (κ1) is 14.5. The molecular weight excluding hydrogens is 243 g/mol. The molecule has 6 nitrogen and oxygen atoms in total. The van der Waals surface area contributed by atoms with E-state index in [1.807, 2.05) is 29.1 Å². The average Bonchev–Trinajstić information content (AvgIpc) is 2.72. The van der Waals surface area contributed by atoms with E-state index in [0.717, 1.165) is 19.5 Å². The Bertz CT molecular complexity index is 303. The first-order chi connectivity index (χ1) is 8.10. The monoisotopic (exact) mass is 264 g/mol. The molecule has 0 fully saturated rings. The second-order valence-electron chi connectivity index (χ2n) is 3.61. The van der Waals surface area contributed by atoms with Crippen molar-refractivity contribution in [3.63, 3.8) is 0 Å². The second-order valence-corrected chi connectivity index (χ2v) is 5.45. The largest absolute Gasteiger partial charge is 0.477 e. The summed E-state index contributed by atoms with van der Waals surface area (Å²) in [5.41, 5.74) is 0. The van der Waals surface area contributed by atoms with Crippen molar-refractivity contribution in [2.45, 2.75) is 26.6 Å². The van der Waals surface area contributed by atoms with Gasteiger partial charge in [0.25, 0.3) is 0 Å². The van der Waals surface area contributed by atoms with Gasteiger partial charge in [0.2, 0.25) is 6.35 Å². The molecule has 0 aromatic heterocycles. The lowest BCUT2D eigenvalue weighted by Gasteiger charge is -2.32. The highest BCUT2D eigenvalue weighted by Gasteiger charge is 2.35. The van der Waals surface area contributed by atoms with E-state index >= 15 is 0 Å². The number of rotatable bonds is 7. The van der Waals surface area contributed by atoms with Crippen LogP contribution in [0.4, 0.5) is 0 Å². The maximum absolute atomic E-state index is 12.0. The van der Waals surface area contributed by atoms with E-state index in [4.69, 9.17) is 13.6 Å². The molecule has 0 aromatic rings. The molecule has 0 saturated carbocycles. The van der Waals surface area contributed by atoms with Crippen LogP contribution in [0, 0.1) is 0 Å². The predicted molar refractivity (Wildman–Crippen MR) is 65.0 cm³/mol. The van der Waals surface area contributed by atoms with Crippen molar-refractivity contribution < 1.29 is 18.1 Å². The molecule has 1 unspecified atom stereocenters. The second kappa shape index (κ2) is 6.40. The minimum Gasteiger partial charge on any atom is -0.334 e. The predicted octanol–water partition coefficient (Wildman–Crippen LogP) is 2.21. The molecule has 1 rings (SSSR count). The Balaban J connectivity index is 2.74. The van der Waals surface area contributed by atoms with Gasteiger partial charge in [-0.25, -0.2) is 9.09 Å². The van der Waals surface area contributed by atoms with Gasteiger partial charge >= 0.3 is 7.82 Å². The molecule has 17 heavy (non-hydrogen) atoms. The summed E-state index contributed by atoms with van der Waals surface area (Å²) >= 11 is 0. The maximum Gasteiger partial charge on any atom is 0.477 e. The van der Waals surface area contributed by atoms with Crippen molar-refractivity contribution in [1.82, 2.24) is 9.80 Å². The number of phosphoric acid groups is 1. The fourth-order valence-corrected chi connectivity index (χ4v) is 2.41. The molecule has 0 saturated heterocycles. The van der Waals surface area contributed by atoms with Gasteiger partial charge in [0.1, 0.15) is 0 Å². The van der Waals surface area contributed by atoms with E-state index in [1.54, 1.807) is 0 Å². The van der Waals surface area contributed by atoms with Crippen molar-refractivity contribution in [1.29, 1.82) is 0 Å². The van der Waals surface area contributed by atoms with Crippen molar-refractivity contribution in [2.75, 3.05) is 27.3 Å². The van der Waals surface area contributed by atoms with Crippen LogP contribution in [0.15, 0.2) is 12.4 Å². The summed E-state index contributed by atoms with van der Waals surface area (Å²) in [4.78, 5) is 3.90. The van der Waals surface area contributed by atoms with Crippen LogP contribution in [-0.4, -0.2) is 43.5 Å². The molecular formula is C10H21N2O4P. The first-order valence-electron chi connectivity index (χ1n) is 5.70. The topological polar surface area (TPSA) is 51.2 Å². The van der Waals surface area contributed by atoms with Gasteiger partial charge in [-0.15, -0.1) is 0 Å². The minimum atomic E-state index is -3.47. The van der Waals surface area contributed by atoms with E-state index in [1.165, 1.54) is 14.2 Å². The minimum absolute atomic E-state index is 0.425. The number of hydrogen-bond donors (Lipinski definition) is 0. The molecule has 0 aliphatic carbocycles. The number of hydrogen-bond acceptors (Lipinski definition) is 6. The molecule has 0 radical (unpaired) electrons. The lowest BCUT2D eigenvalue weighted by Crippen LogP contribution is -2.40. The van der Waals surface area contributed by atoms with Crippen LogP contribution in [0.1, 0.15) is 20.3 Å². The van der Waals surface area contributed by atoms with Crippen LogP contribution < -0.4 is 0 Å². The summed E-state index contributed by atoms with van der Waals surface area (Å²) < 4.78 is 27.0. The summed E-state index contributed by atoms with van der Waals surface area (Å²) in [5, 5.41) is 0. The van der Waals surface area contributed by atoms with Crippen LogP contribution in [0.25, 0.3) is 0 Å². The Kier molecular flexibility index (Phi) is 5.46. The third kappa shape index (κ3) is 3.45. The number of phosphoric ester groups is 1. The molecule has 0 amide bonds. The Morgan fingerprint density at radius 2 is 1.76 bits per heavy atom. The standard InChI is InChI=1S/C10H21N2O4P/c1-5-7-12-9-8-11(6-2)10(12)16-17(13,14-3)15-4/h8-10H,5-7H2,1-4H3. The third-order valence-corrected chi connectivity index (χ3v) is 3.88. The molecule has 1 atom stereocenters.